The topological polar surface area (TPSA) is 126 Å². The highest BCUT2D eigenvalue weighted by Gasteiger charge is 2.31. The Labute approximate surface area is 202 Å². The fraction of sp³-hybridized carbons (Fsp3) is 0.238. The molecular weight excluding hydrogens is 485 g/mol. The molecule has 3 aromatic rings. The first-order valence-corrected chi connectivity index (χ1v) is 11.5. The van der Waals surface area contributed by atoms with E-state index in [0.717, 1.165) is 17.0 Å². The summed E-state index contributed by atoms with van der Waals surface area (Å²) in [5, 5.41) is 0. The van der Waals surface area contributed by atoms with Crippen molar-refractivity contribution in [3.8, 4) is 0 Å². The van der Waals surface area contributed by atoms with Crippen LogP contribution in [-0.2, 0) is 10.0 Å². The second-order valence-corrected chi connectivity index (χ2v) is 9.37. The van der Waals surface area contributed by atoms with Gasteiger partial charge in [0, 0.05) is 44.8 Å². The van der Waals surface area contributed by atoms with Crippen molar-refractivity contribution in [2.75, 3.05) is 43.9 Å². The summed E-state index contributed by atoms with van der Waals surface area (Å²) in [5.41, 5.74) is 6.10. The van der Waals surface area contributed by atoms with Crippen molar-refractivity contribution in [1.82, 2.24) is 24.2 Å². The lowest BCUT2D eigenvalue weighted by Gasteiger charge is -2.31. The van der Waals surface area contributed by atoms with Crippen LogP contribution in [0.25, 0.3) is 0 Å². The average Bonchev–Trinajstić information content (AvgIpc) is 2.80. The molecule has 2 N–H and O–H groups in total. The highest BCUT2D eigenvalue weighted by atomic mass is 35.5. The number of nitrogens with two attached hydrogens (primary N) is 1. The van der Waals surface area contributed by atoms with E-state index in [-0.39, 0.29) is 42.7 Å². The first-order valence-electron chi connectivity index (χ1n) is 10.1. The van der Waals surface area contributed by atoms with Gasteiger partial charge in [0.15, 0.2) is 11.5 Å². The molecule has 1 fully saturated rings. The van der Waals surface area contributed by atoms with E-state index in [1.807, 2.05) is 11.9 Å². The number of aromatic nitrogens is 3. The van der Waals surface area contributed by atoms with Crippen LogP contribution in [0, 0.1) is 5.82 Å². The van der Waals surface area contributed by atoms with Gasteiger partial charge in [-0.1, -0.05) is 0 Å². The van der Waals surface area contributed by atoms with Crippen molar-refractivity contribution in [2.45, 2.75) is 4.90 Å². The Bertz CT molecular complexity index is 1270. The predicted octanol–water partition coefficient (Wildman–Crippen LogP) is 1.93. The zero-order valence-corrected chi connectivity index (χ0v) is 19.8. The number of sulfonamides is 1. The third-order valence-electron chi connectivity index (χ3n) is 5.29. The number of nitrogens with zero attached hydrogens (tertiary/aromatic N) is 6. The number of rotatable bonds is 5. The number of anilines is 3. The first-order chi connectivity index (χ1) is 15.8. The fourth-order valence-electron chi connectivity index (χ4n) is 3.49. The van der Waals surface area contributed by atoms with Gasteiger partial charge >= 0.3 is 0 Å². The molecule has 1 aliphatic heterocycles. The summed E-state index contributed by atoms with van der Waals surface area (Å²) in [4.78, 5) is 27.9. The van der Waals surface area contributed by atoms with E-state index >= 15 is 4.39 Å². The minimum absolute atomic E-state index is 0. The summed E-state index contributed by atoms with van der Waals surface area (Å²) in [6.07, 6.45) is 5.60. The molecule has 0 bridgehead atoms. The van der Waals surface area contributed by atoms with Crippen molar-refractivity contribution >= 4 is 45.5 Å². The Morgan fingerprint density at radius 1 is 1.06 bits per heavy atom. The van der Waals surface area contributed by atoms with Crippen molar-refractivity contribution in [1.29, 1.82) is 0 Å². The van der Waals surface area contributed by atoms with Crippen LogP contribution in [0.3, 0.4) is 0 Å². The van der Waals surface area contributed by atoms with Gasteiger partial charge in [0.1, 0.15) is 10.7 Å². The Morgan fingerprint density at radius 2 is 1.76 bits per heavy atom. The number of hydrogen-bond acceptors (Lipinski definition) is 8. The Hall–Kier alpha value is -3.19. The van der Waals surface area contributed by atoms with Gasteiger partial charge in [-0.25, -0.2) is 22.8 Å². The van der Waals surface area contributed by atoms with Gasteiger partial charge in [-0.3, -0.25) is 14.7 Å². The molecule has 10 nitrogen and oxygen atoms in total. The number of hydrogen-bond donors (Lipinski definition) is 1. The predicted molar refractivity (Wildman–Crippen MR) is 127 cm³/mol. The van der Waals surface area contributed by atoms with Gasteiger partial charge in [0.2, 0.25) is 10.0 Å². The van der Waals surface area contributed by atoms with E-state index in [0.29, 0.717) is 18.8 Å². The van der Waals surface area contributed by atoms with Crippen molar-refractivity contribution in [3.05, 3.63) is 66.6 Å². The van der Waals surface area contributed by atoms with Crippen LogP contribution < -0.4 is 10.6 Å². The zero-order valence-electron chi connectivity index (χ0n) is 18.2. The molecule has 0 radical (unpaired) electrons. The summed E-state index contributed by atoms with van der Waals surface area (Å²) >= 11 is 0. The number of benzene rings is 1. The van der Waals surface area contributed by atoms with Gasteiger partial charge in [-0.15, -0.1) is 12.4 Å². The summed E-state index contributed by atoms with van der Waals surface area (Å²) in [5.74, 6) is -1.73. The van der Waals surface area contributed by atoms with Gasteiger partial charge in [0.05, 0.1) is 17.6 Å². The van der Waals surface area contributed by atoms with E-state index in [9.17, 15) is 13.2 Å². The van der Waals surface area contributed by atoms with Crippen LogP contribution in [0.15, 0.2) is 60.0 Å². The number of amides is 1. The zero-order chi connectivity index (χ0) is 23.6. The molecule has 1 aromatic carbocycles. The maximum atomic E-state index is 15.2. The number of pyridine rings is 1. The maximum absolute atomic E-state index is 15.2. The van der Waals surface area contributed by atoms with Crippen LogP contribution in [0.2, 0.25) is 0 Å². The molecule has 0 unspecified atom stereocenters. The average molecular weight is 508 g/mol. The molecule has 0 spiro atoms. The lowest BCUT2D eigenvalue weighted by molar-refractivity contribution is 0.0995. The van der Waals surface area contributed by atoms with Crippen molar-refractivity contribution in [3.63, 3.8) is 0 Å². The van der Waals surface area contributed by atoms with Gasteiger partial charge in [-0.2, -0.15) is 4.31 Å². The normalized spacial score (nSPS) is 14.9. The van der Waals surface area contributed by atoms with E-state index in [2.05, 4.69) is 15.0 Å². The van der Waals surface area contributed by atoms with E-state index in [4.69, 9.17) is 5.73 Å². The lowest BCUT2D eigenvalue weighted by Crippen LogP contribution is -2.47. The van der Waals surface area contributed by atoms with Crippen LogP contribution in [0.1, 0.15) is 10.5 Å². The van der Waals surface area contributed by atoms with Crippen molar-refractivity contribution < 1.29 is 17.6 Å². The molecule has 0 aliphatic carbocycles. The van der Waals surface area contributed by atoms with E-state index in [1.54, 1.807) is 12.1 Å². The SMILES string of the molecule is CN1CCN(S(=O)(=O)c2ccc(N(C(=O)c3nccnc3N)c3cccnc3)cc2F)CC1.Cl. The van der Waals surface area contributed by atoms with Crippen LogP contribution >= 0.6 is 12.4 Å². The molecule has 0 saturated carbocycles. The second kappa shape index (κ2) is 10.4. The second-order valence-electron chi connectivity index (χ2n) is 7.46. The molecule has 1 saturated heterocycles. The summed E-state index contributed by atoms with van der Waals surface area (Å²) in [6.45, 7) is 1.65. The molecule has 4 rings (SSSR count). The minimum Gasteiger partial charge on any atom is -0.382 e. The van der Waals surface area contributed by atoms with E-state index < -0.39 is 26.6 Å². The highest BCUT2D eigenvalue weighted by molar-refractivity contribution is 7.89. The van der Waals surface area contributed by atoms with Gasteiger partial charge in [-0.05, 0) is 37.4 Å². The third kappa shape index (κ3) is 4.99. The standard InChI is InChI=1S/C21H22FN7O3S.ClH/c1-27-9-11-28(12-10-27)33(31,32)18-5-4-15(13-17(18)22)29(16-3-2-6-24-14-16)21(30)19-20(23)26-8-7-25-19;/h2-8,13-14H,9-12H2,1H3,(H2,23,26);1H. The molecule has 3 heterocycles. The summed E-state index contributed by atoms with van der Waals surface area (Å²) < 4.78 is 42.5. The van der Waals surface area contributed by atoms with E-state index in [1.165, 1.54) is 35.2 Å². The molecule has 2 aromatic heterocycles. The Balaban J connectivity index is 0.00000324. The fourth-order valence-corrected chi connectivity index (χ4v) is 4.96. The molecule has 1 aliphatic rings. The number of carbonyl (C=O) groups is 1. The molecular formula is C21H23ClFN7O3S. The Morgan fingerprint density at radius 3 is 2.38 bits per heavy atom. The van der Waals surface area contributed by atoms with Crippen LogP contribution in [0.4, 0.5) is 21.6 Å². The third-order valence-corrected chi connectivity index (χ3v) is 7.22. The number of halogens is 2. The van der Waals surface area contributed by atoms with Crippen LogP contribution in [0.5, 0.6) is 0 Å². The highest BCUT2D eigenvalue weighted by Crippen LogP contribution is 2.31. The molecule has 34 heavy (non-hydrogen) atoms. The molecule has 13 heteroatoms. The number of piperazine rings is 1. The first kappa shape index (κ1) is 25.4. The van der Waals surface area contributed by atoms with Gasteiger partial charge in [0.25, 0.3) is 5.91 Å². The molecule has 180 valence electrons. The quantitative estimate of drug-likeness (QED) is 0.555. The number of likely N-dealkylation sites (N-methyl/N-ethyl adjacent to an activating group) is 1. The molecule has 0 atom stereocenters. The lowest BCUT2D eigenvalue weighted by atomic mass is 10.2. The van der Waals surface area contributed by atoms with Crippen LogP contribution in [-0.4, -0.2) is 71.7 Å². The summed E-state index contributed by atoms with van der Waals surface area (Å²) in [6, 6.07) is 6.74. The van der Waals surface area contributed by atoms with Gasteiger partial charge < -0.3 is 10.6 Å². The molecule has 1 amide bonds. The smallest absolute Gasteiger partial charge is 0.285 e. The summed E-state index contributed by atoms with van der Waals surface area (Å²) in [7, 11) is -2.13. The maximum Gasteiger partial charge on any atom is 0.285 e. The monoisotopic (exact) mass is 507 g/mol. The number of carbonyl (C=O) groups excluding carboxylic acids is 1. The number of nitrogen functional groups attached to an aromatic ring is 1. The Kier molecular flexibility index (Phi) is 7.77. The minimum atomic E-state index is -4.03. The largest absolute Gasteiger partial charge is 0.382 e. The van der Waals surface area contributed by atoms with Crippen molar-refractivity contribution in [2.24, 2.45) is 0 Å².